The van der Waals surface area contributed by atoms with E-state index in [1.807, 2.05) is 7.05 Å². The first-order valence-corrected chi connectivity index (χ1v) is 6.48. The molecule has 0 bridgehead atoms. The van der Waals surface area contributed by atoms with E-state index < -0.39 is 0 Å². The number of benzene rings is 1. The summed E-state index contributed by atoms with van der Waals surface area (Å²) in [6.45, 7) is 2.92. The van der Waals surface area contributed by atoms with Crippen LogP contribution in [-0.4, -0.2) is 44.0 Å². The number of carbonyl (C=O) groups is 1. The average Bonchev–Trinajstić information content (AvgIpc) is 2.40. The Hall–Kier alpha value is -1.55. The molecule has 18 heavy (non-hydrogen) atoms. The second-order valence-corrected chi connectivity index (χ2v) is 4.80. The summed E-state index contributed by atoms with van der Waals surface area (Å²) in [4.78, 5) is 15.6. The van der Waals surface area contributed by atoms with Gasteiger partial charge in [-0.25, -0.2) is 0 Å². The summed E-state index contributed by atoms with van der Waals surface area (Å²) in [5.74, 6) is 0.188. The number of hydrogen-bond acceptors (Lipinski definition) is 3. The highest BCUT2D eigenvalue weighted by molar-refractivity contribution is 5.82. The van der Waals surface area contributed by atoms with Crippen molar-refractivity contribution in [1.82, 2.24) is 4.90 Å². The molecule has 1 heterocycles. The van der Waals surface area contributed by atoms with E-state index in [-0.39, 0.29) is 5.91 Å². The van der Waals surface area contributed by atoms with Gasteiger partial charge in [-0.3, -0.25) is 4.79 Å². The highest BCUT2D eigenvalue weighted by Crippen LogP contribution is 2.17. The van der Waals surface area contributed by atoms with Crippen LogP contribution in [-0.2, 0) is 11.2 Å². The van der Waals surface area contributed by atoms with Crippen LogP contribution in [0.25, 0.3) is 0 Å². The minimum absolute atomic E-state index is 0.188. The number of likely N-dealkylation sites (N-methyl/N-ethyl adjacent to an activating group) is 1. The zero-order valence-electron chi connectivity index (χ0n) is 10.9. The number of amides is 1. The van der Waals surface area contributed by atoms with Crippen molar-refractivity contribution in [2.24, 2.45) is 5.73 Å². The van der Waals surface area contributed by atoms with Crippen molar-refractivity contribution >= 4 is 11.6 Å². The molecule has 1 aromatic carbocycles. The van der Waals surface area contributed by atoms with E-state index in [2.05, 4.69) is 29.2 Å². The molecular weight excluding hydrogens is 226 g/mol. The molecule has 0 aromatic heterocycles. The quantitative estimate of drug-likeness (QED) is 0.858. The summed E-state index contributed by atoms with van der Waals surface area (Å²) in [5.41, 5.74) is 7.94. The van der Waals surface area contributed by atoms with E-state index >= 15 is 0 Å². The fourth-order valence-electron chi connectivity index (χ4n) is 2.16. The third-order valence-electron chi connectivity index (χ3n) is 3.43. The lowest BCUT2D eigenvalue weighted by atomic mass is 10.1. The van der Waals surface area contributed by atoms with Gasteiger partial charge in [-0.05, 0) is 37.1 Å². The van der Waals surface area contributed by atoms with Gasteiger partial charge in [0.25, 0.3) is 0 Å². The van der Waals surface area contributed by atoms with Gasteiger partial charge in [0.1, 0.15) is 0 Å². The average molecular weight is 247 g/mol. The molecule has 1 amide bonds. The van der Waals surface area contributed by atoms with Crippen molar-refractivity contribution in [1.29, 1.82) is 0 Å². The van der Waals surface area contributed by atoms with Gasteiger partial charge in [0, 0.05) is 25.8 Å². The first-order valence-electron chi connectivity index (χ1n) is 6.48. The molecule has 1 aromatic rings. The van der Waals surface area contributed by atoms with Crippen molar-refractivity contribution < 1.29 is 4.79 Å². The summed E-state index contributed by atoms with van der Waals surface area (Å²) in [7, 11) is 1.86. The van der Waals surface area contributed by atoms with E-state index in [1.165, 1.54) is 5.56 Å². The van der Waals surface area contributed by atoms with Crippen molar-refractivity contribution in [3.05, 3.63) is 29.8 Å². The van der Waals surface area contributed by atoms with Crippen LogP contribution in [0.15, 0.2) is 24.3 Å². The first-order chi connectivity index (χ1) is 8.70. The maximum atomic E-state index is 11.7. The van der Waals surface area contributed by atoms with Gasteiger partial charge in [-0.1, -0.05) is 12.1 Å². The fraction of sp³-hybridized carbons (Fsp3) is 0.500. The number of nitrogens with two attached hydrogens (primary N) is 1. The monoisotopic (exact) mass is 247 g/mol. The predicted molar refractivity (Wildman–Crippen MR) is 73.7 cm³/mol. The van der Waals surface area contributed by atoms with Crippen LogP contribution in [0.4, 0.5) is 5.69 Å². The summed E-state index contributed by atoms with van der Waals surface area (Å²) >= 11 is 0. The summed E-state index contributed by atoms with van der Waals surface area (Å²) in [6.07, 6.45) is 2.05. The van der Waals surface area contributed by atoms with Gasteiger partial charge in [-0.15, -0.1) is 0 Å². The Bertz CT molecular complexity index is 402. The second-order valence-electron chi connectivity index (χ2n) is 4.80. The van der Waals surface area contributed by atoms with E-state index in [0.29, 0.717) is 6.54 Å². The van der Waals surface area contributed by atoms with Crippen LogP contribution in [0.1, 0.15) is 12.0 Å². The summed E-state index contributed by atoms with van der Waals surface area (Å²) in [5, 5.41) is 0. The Balaban J connectivity index is 1.99. The maximum absolute atomic E-state index is 11.7. The van der Waals surface area contributed by atoms with Crippen LogP contribution in [0.5, 0.6) is 0 Å². The van der Waals surface area contributed by atoms with E-state index in [9.17, 15) is 4.79 Å². The highest BCUT2D eigenvalue weighted by Gasteiger charge is 2.20. The van der Waals surface area contributed by atoms with Gasteiger partial charge >= 0.3 is 0 Å². The number of aryl methyl sites for hydroxylation is 1. The third kappa shape index (κ3) is 3.01. The van der Waals surface area contributed by atoms with E-state index in [0.717, 1.165) is 38.2 Å². The lowest BCUT2D eigenvalue weighted by Gasteiger charge is -2.33. The number of nitrogens with zero attached hydrogens (tertiary/aromatic N) is 2. The Morgan fingerprint density at radius 3 is 2.56 bits per heavy atom. The molecule has 4 heteroatoms. The zero-order chi connectivity index (χ0) is 13.0. The maximum Gasteiger partial charge on any atom is 0.241 e. The Morgan fingerprint density at radius 1 is 1.22 bits per heavy atom. The zero-order valence-corrected chi connectivity index (χ0v) is 10.9. The van der Waals surface area contributed by atoms with E-state index in [4.69, 9.17) is 5.73 Å². The molecule has 0 spiro atoms. The molecule has 0 unspecified atom stereocenters. The van der Waals surface area contributed by atoms with E-state index in [1.54, 1.807) is 4.90 Å². The highest BCUT2D eigenvalue weighted by atomic mass is 16.2. The minimum Gasteiger partial charge on any atom is -0.360 e. The molecule has 0 atom stereocenters. The van der Waals surface area contributed by atoms with Crippen molar-refractivity contribution in [3.63, 3.8) is 0 Å². The SMILES string of the molecule is CN1CCN(c2ccc(CCCN)cc2)CC1=O. The number of rotatable bonds is 4. The summed E-state index contributed by atoms with van der Waals surface area (Å²) in [6, 6.07) is 8.47. The lowest BCUT2D eigenvalue weighted by Crippen LogP contribution is -2.48. The molecule has 0 aliphatic carbocycles. The number of anilines is 1. The molecule has 2 N–H and O–H groups in total. The molecule has 4 nitrogen and oxygen atoms in total. The fourth-order valence-corrected chi connectivity index (χ4v) is 2.16. The number of piperazine rings is 1. The predicted octanol–water partition coefficient (Wildman–Crippen LogP) is 0.856. The van der Waals surface area contributed by atoms with Crippen molar-refractivity contribution in [2.75, 3.05) is 38.1 Å². The molecule has 98 valence electrons. The number of carbonyl (C=O) groups excluding carboxylic acids is 1. The molecule has 2 rings (SSSR count). The van der Waals surface area contributed by atoms with Crippen molar-refractivity contribution in [3.8, 4) is 0 Å². The standard InChI is InChI=1S/C14H21N3O/c1-16-9-10-17(11-14(16)18)13-6-4-12(5-7-13)3-2-8-15/h4-7H,2-3,8-11,15H2,1H3. The van der Waals surface area contributed by atoms with Gasteiger partial charge in [0.2, 0.25) is 5.91 Å². The third-order valence-corrected chi connectivity index (χ3v) is 3.43. The smallest absolute Gasteiger partial charge is 0.241 e. The van der Waals surface area contributed by atoms with Crippen LogP contribution in [0, 0.1) is 0 Å². The second kappa shape index (κ2) is 5.87. The Labute approximate surface area is 108 Å². The Kier molecular flexibility index (Phi) is 4.20. The van der Waals surface area contributed by atoms with Crippen LogP contribution < -0.4 is 10.6 Å². The van der Waals surface area contributed by atoms with Crippen LogP contribution in [0.3, 0.4) is 0 Å². The van der Waals surface area contributed by atoms with Crippen LogP contribution >= 0.6 is 0 Å². The van der Waals surface area contributed by atoms with Gasteiger partial charge in [0.15, 0.2) is 0 Å². The molecule has 1 aliphatic heterocycles. The minimum atomic E-state index is 0.188. The largest absolute Gasteiger partial charge is 0.360 e. The first kappa shape index (κ1) is 12.9. The van der Waals surface area contributed by atoms with Crippen molar-refractivity contribution in [2.45, 2.75) is 12.8 Å². The Morgan fingerprint density at radius 2 is 1.94 bits per heavy atom. The topological polar surface area (TPSA) is 49.6 Å². The number of hydrogen-bond donors (Lipinski definition) is 1. The lowest BCUT2D eigenvalue weighted by molar-refractivity contribution is -0.129. The normalized spacial score (nSPS) is 16.2. The molecule has 1 fully saturated rings. The van der Waals surface area contributed by atoms with Gasteiger partial charge in [-0.2, -0.15) is 0 Å². The molecule has 1 aliphatic rings. The molecule has 0 saturated carbocycles. The van der Waals surface area contributed by atoms with Gasteiger partial charge in [0.05, 0.1) is 6.54 Å². The van der Waals surface area contributed by atoms with Gasteiger partial charge < -0.3 is 15.5 Å². The molecular formula is C14H21N3O. The van der Waals surface area contributed by atoms with Crippen LogP contribution in [0.2, 0.25) is 0 Å². The summed E-state index contributed by atoms with van der Waals surface area (Å²) < 4.78 is 0. The molecule has 1 saturated heterocycles. The molecule has 0 radical (unpaired) electrons.